The Hall–Kier alpha value is -4.04. The summed E-state index contributed by atoms with van der Waals surface area (Å²) in [5, 5.41) is 4.20. The van der Waals surface area contributed by atoms with Crippen molar-refractivity contribution in [3.05, 3.63) is 88.2 Å². The smallest absolute Gasteiger partial charge is 0.283 e. The van der Waals surface area contributed by atoms with Gasteiger partial charge in [0.25, 0.3) is 5.56 Å². The highest BCUT2D eigenvalue weighted by atomic mass is 32.2. The predicted octanol–water partition coefficient (Wildman–Crippen LogP) is 5.48. The number of benzene rings is 3. The van der Waals surface area contributed by atoms with E-state index in [2.05, 4.69) is 17.2 Å². The molecule has 3 aromatic carbocycles. The highest BCUT2D eigenvalue weighted by Crippen LogP contribution is 2.30. The molecule has 7 nitrogen and oxygen atoms in total. The molecule has 0 saturated carbocycles. The number of methoxy groups -OCH3 is 1. The van der Waals surface area contributed by atoms with Crippen LogP contribution in [0.1, 0.15) is 18.1 Å². The van der Waals surface area contributed by atoms with Crippen molar-refractivity contribution >= 4 is 45.3 Å². The number of aryl methyl sites for hydroxylation is 2. The zero-order valence-electron chi connectivity index (χ0n) is 20.3. The van der Waals surface area contributed by atoms with Crippen LogP contribution in [0.5, 0.6) is 5.75 Å². The molecule has 0 atom stereocenters. The number of para-hydroxylation sites is 1. The van der Waals surface area contributed by atoms with Crippen LogP contribution in [0.4, 0.5) is 5.69 Å². The van der Waals surface area contributed by atoms with E-state index in [1.54, 1.807) is 7.11 Å². The molecule has 182 valence electrons. The Balaban J connectivity index is 1.57. The number of hydrogen-bond acceptors (Lipinski definition) is 5. The zero-order valence-corrected chi connectivity index (χ0v) is 21.1. The van der Waals surface area contributed by atoms with E-state index >= 15 is 0 Å². The number of hydrogen-bond donors (Lipinski definition) is 2. The first kappa shape index (κ1) is 23.7. The van der Waals surface area contributed by atoms with Gasteiger partial charge in [-0.2, -0.15) is 0 Å². The summed E-state index contributed by atoms with van der Waals surface area (Å²) >= 11 is 1.21. The first-order chi connectivity index (χ1) is 17.5. The monoisotopic (exact) mass is 498 g/mol. The Kier molecular flexibility index (Phi) is 6.52. The van der Waals surface area contributed by atoms with Gasteiger partial charge in [-0.25, -0.2) is 9.55 Å². The summed E-state index contributed by atoms with van der Waals surface area (Å²) in [6.07, 6.45) is 0.937. The Morgan fingerprint density at radius 2 is 1.89 bits per heavy atom. The number of rotatable bonds is 7. The van der Waals surface area contributed by atoms with E-state index in [0.717, 1.165) is 28.6 Å². The fourth-order valence-electron chi connectivity index (χ4n) is 4.18. The van der Waals surface area contributed by atoms with Gasteiger partial charge in [0.1, 0.15) is 16.8 Å². The summed E-state index contributed by atoms with van der Waals surface area (Å²) in [5.41, 5.74) is 5.05. The lowest BCUT2D eigenvalue weighted by Gasteiger charge is -2.15. The van der Waals surface area contributed by atoms with Crippen LogP contribution >= 0.6 is 11.8 Å². The van der Waals surface area contributed by atoms with Gasteiger partial charge in [-0.1, -0.05) is 55.1 Å². The zero-order chi connectivity index (χ0) is 25.2. The van der Waals surface area contributed by atoms with Crippen LogP contribution in [0.3, 0.4) is 0 Å². The number of carbonyl (C=O) groups excluding carboxylic acids is 1. The van der Waals surface area contributed by atoms with Gasteiger partial charge in [-0.15, -0.1) is 0 Å². The number of aromatic amines is 1. The number of amides is 1. The number of nitrogens with one attached hydrogen (secondary N) is 2. The molecule has 8 heteroatoms. The summed E-state index contributed by atoms with van der Waals surface area (Å²) in [4.78, 5) is 34.7. The van der Waals surface area contributed by atoms with Gasteiger partial charge in [0, 0.05) is 16.6 Å². The van der Waals surface area contributed by atoms with Gasteiger partial charge in [-0.3, -0.25) is 9.59 Å². The maximum absolute atomic E-state index is 13.8. The lowest BCUT2D eigenvalue weighted by Crippen LogP contribution is -2.23. The third-order valence-corrected chi connectivity index (χ3v) is 6.99. The van der Waals surface area contributed by atoms with E-state index < -0.39 is 0 Å². The molecular formula is C28H26N4O3S. The summed E-state index contributed by atoms with van der Waals surface area (Å²) in [5.74, 6) is 0.451. The standard InChI is InChI=1S/C28H26N4O3S/c1-4-18-10-12-19(13-11-18)29-24(33)16-36-28-31-25-20-7-5-6-8-21(20)30-26(25)27(34)32(28)22-15-17(2)9-14-23(22)35-3/h5-15,30H,4,16H2,1-3H3,(H,29,33). The quantitative estimate of drug-likeness (QED) is 0.229. The summed E-state index contributed by atoms with van der Waals surface area (Å²) in [6, 6.07) is 21.1. The third-order valence-electron chi connectivity index (χ3n) is 6.05. The highest BCUT2D eigenvalue weighted by molar-refractivity contribution is 7.99. The van der Waals surface area contributed by atoms with Crippen molar-refractivity contribution in [1.82, 2.24) is 14.5 Å². The van der Waals surface area contributed by atoms with Crippen molar-refractivity contribution in [2.45, 2.75) is 25.4 Å². The van der Waals surface area contributed by atoms with Crippen molar-refractivity contribution in [1.29, 1.82) is 0 Å². The van der Waals surface area contributed by atoms with E-state index in [4.69, 9.17) is 9.72 Å². The molecule has 5 rings (SSSR count). The first-order valence-corrected chi connectivity index (χ1v) is 12.7. The van der Waals surface area contributed by atoms with Crippen LogP contribution in [0.2, 0.25) is 0 Å². The second-order valence-corrected chi connectivity index (χ2v) is 9.43. The number of nitrogens with zero attached hydrogens (tertiary/aromatic N) is 2. The summed E-state index contributed by atoms with van der Waals surface area (Å²) < 4.78 is 7.10. The molecule has 0 radical (unpaired) electrons. The largest absolute Gasteiger partial charge is 0.495 e. The lowest BCUT2D eigenvalue weighted by atomic mass is 10.1. The SMILES string of the molecule is CCc1ccc(NC(=O)CSc2nc3c([nH]c4ccccc43)c(=O)n2-c2cc(C)ccc2OC)cc1. The summed E-state index contributed by atoms with van der Waals surface area (Å²) in [7, 11) is 1.57. The Morgan fingerprint density at radius 1 is 1.11 bits per heavy atom. The lowest BCUT2D eigenvalue weighted by molar-refractivity contribution is -0.113. The first-order valence-electron chi connectivity index (χ1n) is 11.7. The van der Waals surface area contributed by atoms with E-state index in [1.807, 2.05) is 73.7 Å². The van der Waals surface area contributed by atoms with Crippen molar-refractivity contribution < 1.29 is 9.53 Å². The van der Waals surface area contributed by atoms with Gasteiger partial charge in [0.15, 0.2) is 5.16 Å². The van der Waals surface area contributed by atoms with Crippen molar-refractivity contribution in [2.24, 2.45) is 0 Å². The minimum atomic E-state index is -0.252. The van der Waals surface area contributed by atoms with Gasteiger partial charge in [-0.05, 0) is 54.8 Å². The van der Waals surface area contributed by atoms with Gasteiger partial charge < -0.3 is 15.0 Å². The second-order valence-electron chi connectivity index (χ2n) is 8.49. The second kappa shape index (κ2) is 9.91. The molecule has 0 bridgehead atoms. The number of anilines is 1. The van der Waals surface area contributed by atoms with Crippen molar-refractivity contribution in [2.75, 3.05) is 18.2 Å². The highest BCUT2D eigenvalue weighted by Gasteiger charge is 2.20. The molecule has 0 aliphatic carbocycles. The molecule has 0 spiro atoms. The van der Waals surface area contributed by atoms with Crippen LogP contribution < -0.4 is 15.6 Å². The van der Waals surface area contributed by atoms with E-state index in [-0.39, 0.29) is 17.2 Å². The number of fused-ring (bicyclic) bond motifs is 3. The molecule has 0 fully saturated rings. The number of thioether (sulfide) groups is 1. The minimum Gasteiger partial charge on any atom is -0.495 e. The number of H-pyrrole nitrogens is 1. The van der Waals surface area contributed by atoms with Crippen LogP contribution in [0.15, 0.2) is 76.7 Å². The third kappa shape index (κ3) is 4.47. The molecule has 5 aromatic rings. The normalized spacial score (nSPS) is 11.2. The number of aromatic nitrogens is 3. The predicted molar refractivity (Wildman–Crippen MR) is 146 cm³/mol. The molecule has 2 N–H and O–H groups in total. The van der Waals surface area contributed by atoms with E-state index in [0.29, 0.717) is 27.6 Å². The molecule has 0 aliphatic heterocycles. The summed E-state index contributed by atoms with van der Waals surface area (Å²) in [6.45, 7) is 4.04. The molecule has 0 saturated heterocycles. The Bertz CT molecular complexity index is 1640. The topological polar surface area (TPSA) is 89.0 Å². The van der Waals surface area contributed by atoms with Crippen molar-refractivity contribution in [3.63, 3.8) is 0 Å². The molecule has 2 aromatic heterocycles. The Morgan fingerprint density at radius 3 is 2.64 bits per heavy atom. The molecule has 0 unspecified atom stereocenters. The average Bonchev–Trinajstić information content (AvgIpc) is 3.27. The van der Waals surface area contributed by atoms with Gasteiger partial charge in [0.05, 0.1) is 18.6 Å². The number of ether oxygens (including phenoxy) is 1. The van der Waals surface area contributed by atoms with Crippen molar-refractivity contribution in [3.8, 4) is 11.4 Å². The average molecular weight is 499 g/mol. The fraction of sp³-hybridized carbons (Fsp3) is 0.179. The van der Waals surface area contributed by atoms with E-state index in [1.165, 1.54) is 21.9 Å². The van der Waals surface area contributed by atoms with Crippen LogP contribution in [0, 0.1) is 6.92 Å². The van der Waals surface area contributed by atoms with Crippen LogP contribution in [-0.2, 0) is 11.2 Å². The van der Waals surface area contributed by atoms with E-state index in [9.17, 15) is 9.59 Å². The fourth-order valence-corrected chi connectivity index (χ4v) is 4.98. The maximum Gasteiger partial charge on any atom is 0.283 e. The maximum atomic E-state index is 13.8. The molecule has 1 amide bonds. The van der Waals surface area contributed by atoms with Gasteiger partial charge in [0.2, 0.25) is 5.91 Å². The number of carbonyl (C=O) groups is 1. The van der Waals surface area contributed by atoms with Crippen LogP contribution in [-0.4, -0.2) is 33.3 Å². The molecule has 36 heavy (non-hydrogen) atoms. The van der Waals surface area contributed by atoms with Crippen LogP contribution in [0.25, 0.3) is 27.6 Å². The molecule has 0 aliphatic rings. The molecule has 2 heterocycles. The van der Waals surface area contributed by atoms with Gasteiger partial charge >= 0.3 is 0 Å². The minimum absolute atomic E-state index is 0.0873. The molecular weight excluding hydrogens is 472 g/mol. The Labute approximate surface area is 212 Å².